The van der Waals surface area contributed by atoms with Gasteiger partial charge in [-0.25, -0.2) is 4.79 Å². The molecule has 0 N–H and O–H groups in total. The van der Waals surface area contributed by atoms with Crippen molar-refractivity contribution in [3.63, 3.8) is 0 Å². The molecule has 138 valence electrons. The number of ether oxygens (including phenoxy) is 1. The highest BCUT2D eigenvalue weighted by Gasteiger charge is 2.34. The van der Waals surface area contributed by atoms with Crippen LogP contribution in [0.4, 0.5) is 10.5 Å². The van der Waals surface area contributed by atoms with E-state index in [1.165, 1.54) is 11.1 Å². The van der Waals surface area contributed by atoms with Gasteiger partial charge in [-0.15, -0.1) is 0 Å². The van der Waals surface area contributed by atoms with Gasteiger partial charge in [-0.05, 0) is 70.8 Å². The van der Waals surface area contributed by atoms with Crippen molar-refractivity contribution in [2.24, 2.45) is 5.92 Å². The number of carbonyl (C=O) groups is 1. The van der Waals surface area contributed by atoms with Gasteiger partial charge in [0.05, 0.1) is 5.69 Å². The SMILES string of the molecule is Cc1cc(Br)c2c(c1)CCC(CC(C)C)N2C(=O)OCc1ccccc1. The molecule has 2 aromatic rings. The molecule has 1 unspecified atom stereocenters. The summed E-state index contributed by atoms with van der Waals surface area (Å²) < 4.78 is 6.66. The zero-order valence-corrected chi connectivity index (χ0v) is 17.3. The van der Waals surface area contributed by atoms with E-state index in [4.69, 9.17) is 4.74 Å². The summed E-state index contributed by atoms with van der Waals surface area (Å²) in [6, 6.07) is 14.3. The Kier molecular flexibility index (Phi) is 6.02. The Morgan fingerprint density at radius 1 is 1.27 bits per heavy atom. The molecule has 26 heavy (non-hydrogen) atoms. The van der Waals surface area contributed by atoms with Crippen LogP contribution in [0.5, 0.6) is 0 Å². The predicted octanol–water partition coefficient (Wildman–Crippen LogP) is 6.26. The quantitative estimate of drug-likeness (QED) is 0.589. The van der Waals surface area contributed by atoms with Gasteiger partial charge in [0.25, 0.3) is 0 Å². The molecular weight excluding hydrogens is 390 g/mol. The first-order chi connectivity index (χ1) is 12.5. The maximum atomic E-state index is 13.0. The van der Waals surface area contributed by atoms with Gasteiger partial charge in [0.1, 0.15) is 6.61 Å². The Morgan fingerprint density at radius 3 is 2.69 bits per heavy atom. The summed E-state index contributed by atoms with van der Waals surface area (Å²) in [6.07, 6.45) is 2.68. The molecule has 1 amide bonds. The number of hydrogen-bond acceptors (Lipinski definition) is 2. The number of aryl methyl sites for hydroxylation is 2. The highest BCUT2D eigenvalue weighted by atomic mass is 79.9. The minimum atomic E-state index is -0.259. The Morgan fingerprint density at radius 2 is 2.00 bits per heavy atom. The Bertz CT molecular complexity index is 773. The summed E-state index contributed by atoms with van der Waals surface area (Å²) in [5, 5.41) is 0. The third-order valence-electron chi connectivity index (χ3n) is 4.78. The van der Waals surface area contributed by atoms with Crippen molar-refractivity contribution in [3.8, 4) is 0 Å². The van der Waals surface area contributed by atoms with Crippen molar-refractivity contribution in [1.82, 2.24) is 0 Å². The lowest BCUT2D eigenvalue weighted by Gasteiger charge is -2.38. The molecule has 0 saturated heterocycles. The third-order valence-corrected chi connectivity index (χ3v) is 5.39. The zero-order chi connectivity index (χ0) is 18.7. The second-order valence-corrected chi connectivity index (χ2v) is 8.34. The molecule has 2 aromatic carbocycles. The fourth-order valence-electron chi connectivity index (χ4n) is 3.70. The minimum Gasteiger partial charge on any atom is -0.444 e. The first kappa shape index (κ1) is 19.0. The Hall–Kier alpha value is -1.81. The first-order valence-corrected chi connectivity index (χ1v) is 10.0. The first-order valence-electron chi connectivity index (χ1n) is 9.24. The molecule has 1 aliphatic rings. The van der Waals surface area contributed by atoms with Crippen molar-refractivity contribution >= 4 is 27.7 Å². The van der Waals surface area contributed by atoms with Crippen LogP contribution in [0.3, 0.4) is 0 Å². The van der Waals surface area contributed by atoms with Gasteiger partial charge < -0.3 is 4.74 Å². The summed E-state index contributed by atoms with van der Waals surface area (Å²) in [5.41, 5.74) is 4.40. The molecule has 0 bridgehead atoms. The van der Waals surface area contributed by atoms with Crippen LogP contribution < -0.4 is 4.90 Å². The molecule has 0 radical (unpaired) electrons. The summed E-state index contributed by atoms with van der Waals surface area (Å²) >= 11 is 3.68. The van der Waals surface area contributed by atoms with E-state index >= 15 is 0 Å². The average molecular weight is 416 g/mol. The van der Waals surface area contributed by atoms with Crippen molar-refractivity contribution in [2.45, 2.75) is 52.7 Å². The number of carbonyl (C=O) groups excluding carboxylic acids is 1. The maximum Gasteiger partial charge on any atom is 0.414 e. The van der Waals surface area contributed by atoms with Crippen LogP contribution in [0.2, 0.25) is 0 Å². The number of rotatable bonds is 4. The summed E-state index contributed by atoms with van der Waals surface area (Å²) in [6.45, 7) is 6.78. The maximum absolute atomic E-state index is 13.0. The van der Waals surface area contributed by atoms with Crippen LogP contribution in [0.15, 0.2) is 46.9 Å². The molecule has 0 fully saturated rings. The van der Waals surface area contributed by atoms with E-state index in [0.29, 0.717) is 12.5 Å². The van der Waals surface area contributed by atoms with Crippen LogP contribution in [0, 0.1) is 12.8 Å². The lowest BCUT2D eigenvalue weighted by Crippen LogP contribution is -2.45. The molecule has 3 nitrogen and oxygen atoms in total. The molecule has 4 heteroatoms. The number of halogens is 1. The van der Waals surface area contributed by atoms with Gasteiger partial charge in [0.15, 0.2) is 0 Å². The molecule has 0 aromatic heterocycles. The summed E-state index contributed by atoms with van der Waals surface area (Å²) in [7, 11) is 0. The highest BCUT2D eigenvalue weighted by molar-refractivity contribution is 9.10. The standard InChI is InChI=1S/C22H26BrNO2/c1-15(2)11-19-10-9-18-12-16(3)13-20(23)21(18)24(19)22(25)26-14-17-7-5-4-6-8-17/h4-8,12-13,15,19H,9-11,14H2,1-3H3. The smallest absolute Gasteiger partial charge is 0.414 e. The van der Waals surface area contributed by atoms with E-state index in [9.17, 15) is 4.79 Å². The monoisotopic (exact) mass is 415 g/mol. The van der Waals surface area contributed by atoms with E-state index < -0.39 is 0 Å². The Balaban J connectivity index is 1.88. The van der Waals surface area contributed by atoms with E-state index in [1.807, 2.05) is 35.2 Å². The van der Waals surface area contributed by atoms with Gasteiger partial charge in [-0.3, -0.25) is 4.90 Å². The lowest BCUT2D eigenvalue weighted by molar-refractivity contribution is 0.142. The normalized spacial score (nSPS) is 16.5. The molecule has 1 atom stereocenters. The van der Waals surface area contributed by atoms with Crippen molar-refractivity contribution in [3.05, 3.63) is 63.6 Å². The van der Waals surface area contributed by atoms with Crippen molar-refractivity contribution < 1.29 is 9.53 Å². The van der Waals surface area contributed by atoms with Crippen LogP contribution >= 0.6 is 15.9 Å². The fourth-order valence-corrected chi connectivity index (χ4v) is 4.50. The predicted molar refractivity (Wildman–Crippen MR) is 110 cm³/mol. The number of benzene rings is 2. The number of fused-ring (bicyclic) bond motifs is 1. The molecule has 3 rings (SSSR count). The largest absolute Gasteiger partial charge is 0.444 e. The lowest BCUT2D eigenvalue weighted by atomic mass is 9.90. The molecule has 1 aliphatic heterocycles. The van der Waals surface area contributed by atoms with Gasteiger partial charge in [0, 0.05) is 10.5 Å². The van der Waals surface area contributed by atoms with E-state index in [2.05, 4.69) is 48.8 Å². The van der Waals surface area contributed by atoms with Crippen LogP contribution in [-0.4, -0.2) is 12.1 Å². The van der Waals surface area contributed by atoms with Crippen LogP contribution in [0.25, 0.3) is 0 Å². The van der Waals surface area contributed by atoms with Crippen molar-refractivity contribution in [1.29, 1.82) is 0 Å². The zero-order valence-electron chi connectivity index (χ0n) is 15.7. The van der Waals surface area contributed by atoms with E-state index in [0.717, 1.165) is 35.0 Å². The Labute approximate surface area is 164 Å². The number of amides is 1. The van der Waals surface area contributed by atoms with Gasteiger partial charge in [-0.1, -0.05) is 50.2 Å². The summed E-state index contributed by atoms with van der Waals surface area (Å²) in [4.78, 5) is 14.9. The number of anilines is 1. The number of hydrogen-bond donors (Lipinski definition) is 0. The number of nitrogens with zero attached hydrogens (tertiary/aromatic N) is 1. The molecular formula is C22H26BrNO2. The second-order valence-electron chi connectivity index (χ2n) is 7.49. The van der Waals surface area contributed by atoms with Crippen LogP contribution in [0.1, 0.15) is 43.4 Å². The third kappa shape index (κ3) is 4.29. The van der Waals surface area contributed by atoms with Crippen molar-refractivity contribution in [2.75, 3.05) is 4.90 Å². The molecule has 0 aliphatic carbocycles. The molecule has 1 heterocycles. The fraction of sp³-hybridized carbons (Fsp3) is 0.409. The second kappa shape index (κ2) is 8.26. The van der Waals surface area contributed by atoms with E-state index in [-0.39, 0.29) is 12.1 Å². The highest BCUT2D eigenvalue weighted by Crippen LogP contribution is 2.40. The summed E-state index contributed by atoms with van der Waals surface area (Å²) in [5.74, 6) is 0.523. The van der Waals surface area contributed by atoms with Gasteiger partial charge >= 0.3 is 6.09 Å². The van der Waals surface area contributed by atoms with Gasteiger partial charge in [-0.2, -0.15) is 0 Å². The average Bonchev–Trinajstić information content (AvgIpc) is 2.60. The molecule has 0 saturated carbocycles. The topological polar surface area (TPSA) is 29.5 Å². The minimum absolute atomic E-state index is 0.171. The van der Waals surface area contributed by atoms with Crippen LogP contribution in [-0.2, 0) is 17.8 Å². The van der Waals surface area contributed by atoms with Gasteiger partial charge in [0.2, 0.25) is 0 Å². The van der Waals surface area contributed by atoms with E-state index in [1.54, 1.807) is 0 Å². The molecule has 0 spiro atoms.